The van der Waals surface area contributed by atoms with Crippen LogP contribution in [0.15, 0.2) is 28.7 Å². The van der Waals surface area contributed by atoms with Crippen LogP contribution in [0.3, 0.4) is 0 Å². The highest BCUT2D eigenvalue weighted by atomic mass is 79.9. The summed E-state index contributed by atoms with van der Waals surface area (Å²) in [5, 5.41) is 3.01. The average Bonchev–Trinajstić information content (AvgIpc) is 2.27. The second-order valence-electron chi connectivity index (χ2n) is 4.23. The van der Waals surface area contributed by atoms with Crippen molar-refractivity contribution in [3.63, 3.8) is 0 Å². The molecule has 0 aliphatic heterocycles. The fraction of sp³-hybridized carbons (Fsp3) is 0.462. The van der Waals surface area contributed by atoms with E-state index in [2.05, 4.69) is 21.2 Å². The topological polar surface area (TPSA) is 38.3 Å². The fourth-order valence-corrected chi connectivity index (χ4v) is 2.19. The largest absolute Gasteiger partial charge is 0.378 e. The van der Waals surface area contributed by atoms with E-state index in [0.29, 0.717) is 11.7 Å². The first-order valence-electron chi connectivity index (χ1n) is 5.87. The second kappa shape index (κ2) is 5.65. The van der Waals surface area contributed by atoms with E-state index in [1.54, 1.807) is 0 Å². The van der Waals surface area contributed by atoms with Crippen LogP contribution in [0.25, 0.3) is 0 Å². The number of rotatable bonds is 4. The molecule has 1 amide bonds. The van der Waals surface area contributed by atoms with Crippen LogP contribution in [0.2, 0.25) is 0 Å². The molecule has 17 heavy (non-hydrogen) atoms. The Kier molecular flexibility index (Phi) is 4.18. The Hall–Kier alpha value is -0.870. The van der Waals surface area contributed by atoms with Crippen molar-refractivity contribution >= 4 is 21.8 Å². The maximum absolute atomic E-state index is 11.9. The van der Waals surface area contributed by atoms with Crippen LogP contribution in [0.1, 0.15) is 30.1 Å². The van der Waals surface area contributed by atoms with Crippen LogP contribution in [0, 0.1) is 0 Å². The van der Waals surface area contributed by atoms with Gasteiger partial charge in [-0.15, -0.1) is 0 Å². The van der Waals surface area contributed by atoms with E-state index in [4.69, 9.17) is 4.74 Å². The molecule has 0 spiro atoms. The molecule has 1 aromatic rings. The third-order valence-corrected chi connectivity index (χ3v) is 3.47. The zero-order chi connectivity index (χ0) is 12.3. The lowest BCUT2D eigenvalue weighted by atomic mass is 9.89. The second-order valence-corrected chi connectivity index (χ2v) is 5.14. The molecule has 4 heteroatoms. The molecule has 0 radical (unpaired) electrons. The van der Waals surface area contributed by atoms with Gasteiger partial charge in [0.15, 0.2) is 0 Å². The fourth-order valence-electron chi connectivity index (χ4n) is 1.93. The number of carbonyl (C=O) groups excluding carboxylic acids is 1. The Morgan fingerprint density at radius 1 is 1.41 bits per heavy atom. The third-order valence-electron chi connectivity index (χ3n) is 2.94. The van der Waals surface area contributed by atoms with E-state index in [-0.39, 0.29) is 11.9 Å². The molecule has 0 saturated heterocycles. The minimum absolute atomic E-state index is 0.00236. The van der Waals surface area contributed by atoms with Crippen molar-refractivity contribution in [3.05, 3.63) is 34.3 Å². The lowest BCUT2D eigenvalue weighted by Gasteiger charge is -2.35. The van der Waals surface area contributed by atoms with Gasteiger partial charge in [0.05, 0.1) is 6.10 Å². The highest BCUT2D eigenvalue weighted by Gasteiger charge is 2.30. The Labute approximate surface area is 110 Å². The van der Waals surface area contributed by atoms with Crippen molar-refractivity contribution in [2.45, 2.75) is 31.9 Å². The Morgan fingerprint density at radius 2 is 2.06 bits per heavy atom. The minimum Gasteiger partial charge on any atom is -0.378 e. The predicted molar refractivity (Wildman–Crippen MR) is 70.0 cm³/mol. The molecule has 0 bridgehead atoms. The lowest BCUT2D eigenvalue weighted by molar-refractivity contribution is -0.00862. The van der Waals surface area contributed by atoms with Gasteiger partial charge in [-0.2, -0.15) is 0 Å². The molecule has 0 heterocycles. The summed E-state index contributed by atoms with van der Waals surface area (Å²) in [6.45, 7) is 2.74. The van der Waals surface area contributed by atoms with E-state index in [1.807, 2.05) is 31.2 Å². The molecule has 1 N–H and O–H groups in total. The van der Waals surface area contributed by atoms with Gasteiger partial charge in [-0.3, -0.25) is 4.79 Å². The molecule has 0 unspecified atom stereocenters. The standard InChI is InChI=1S/C13H16BrNO2/c1-2-17-12-7-11(8-12)15-13(16)9-3-5-10(14)6-4-9/h3-6,11-12H,2,7-8H2,1H3,(H,15,16). The van der Waals surface area contributed by atoms with Crippen molar-refractivity contribution < 1.29 is 9.53 Å². The van der Waals surface area contributed by atoms with Crippen LogP contribution in [-0.4, -0.2) is 24.7 Å². The summed E-state index contributed by atoms with van der Waals surface area (Å²) in [7, 11) is 0. The summed E-state index contributed by atoms with van der Waals surface area (Å²) in [6, 6.07) is 7.65. The average molecular weight is 298 g/mol. The Bertz CT molecular complexity index is 385. The van der Waals surface area contributed by atoms with Crippen LogP contribution in [0.5, 0.6) is 0 Å². The van der Waals surface area contributed by atoms with Crippen LogP contribution >= 0.6 is 15.9 Å². The molecule has 1 aliphatic rings. The molecule has 0 aromatic heterocycles. The number of carbonyl (C=O) groups is 1. The molecule has 1 fully saturated rings. The number of halogens is 1. The SMILES string of the molecule is CCOC1CC(NC(=O)c2ccc(Br)cc2)C1. The molecule has 3 nitrogen and oxygen atoms in total. The highest BCUT2D eigenvalue weighted by molar-refractivity contribution is 9.10. The van der Waals surface area contributed by atoms with Crippen LogP contribution in [0.4, 0.5) is 0 Å². The van der Waals surface area contributed by atoms with Crippen molar-refractivity contribution in [2.75, 3.05) is 6.61 Å². The predicted octanol–water partition coefficient (Wildman–Crippen LogP) is 2.75. The maximum Gasteiger partial charge on any atom is 0.251 e. The highest BCUT2D eigenvalue weighted by Crippen LogP contribution is 2.23. The van der Waals surface area contributed by atoms with E-state index in [0.717, 1.165) is 23.9 Å². The van der Waals surface area contributed by atoms with Crippen molar-refractivity contribution in [1.29, 1.82) is 0 Å². The van der Waals surface area contributed by atoms with E-state index >= 15 is 0 Å². The van der Waals surface area contributed by atoms with Gasteiger partial charge in [-0.05, 0) is 44.0 Å². The smallest absolute Gasteiger partial charge is 0.251 e. The number of hydrogen-bond donors (Lipinski definition) is 1. The molecular formula is C13H16BrNO2. The lowest BCUT2D eigenvalue weighted by Crippen LogP contribution is -2.47. The van der Waals surface area contributed by atoms with Crippen LogP contribution in [-0.2, 0) is 4.74 Å². The van der Waals surface area contributed by atoms with Crippen molar-refractivity contribution in [1.82, 2.24) is 5.32 Å². The van der Waals surface area contributed by atoms with Gasteiger partial charge < -0.3 is 10.1 Å². The first-order valence-corrected chi connectivity index (χ1v) is 6.66. The molecule has 1 aromatic carbocycles. The van der Waals surface area contributed by atoms with Gasteiger partial charge in [-0.1, -0.05) is 15.9 Å². The molecule has 1 saturated carbocycles. The third kappa shape index (κ3) is 3.30. The summed E-state index contributed by atoms with van der Waals surface area (Å²) in [4.78, 5) is 11.9. The summed E-state index contributed by atoms with van der Waals surface area (Å²) < 4.78 is 6.43. The van der Waals surface area contributed by atoms with Gasteiger partial charge in [0.2, 0.25) is 0 Å². The normalized spacial score (nSPS) is 22.9. The number of hydrogen-bond acceptors (Lipinski definition) is 2. The number of amides is 1. The summed E-state index contributed by atoms with van der Waals surface area (Å²) >= 11 is 3.35. The zero-order valence-electron chi connectivity index (χ0n) is 9.78. The van der Waals surface area contributed by atoms with Crippen molar-refractivity contribution in [3.8, 4) is 0 Å². The number of ether oxygens (including phenoxy) is 1. The van der Waals surface area contributed by atoms with Crippen molar-refractivity contribution in [2.24, 2.45) is 0 Å². The summed E-state index contributed by atoms with van der Waals surface area (Å²) in [5.41, 5.74) is 0.702. The zero-order valence-corrected chi connectivity index (χ0v) is 11.4. The number of benzene rings is 1. The van der Waals surface area contributed by atoms with E-state index in [9.17, 15) is 4.79 Å². The molecule has 1 aliphatic carbocycles. The Balaban J connectivity index is 1.81. The first-order chi connectivity index (χ1) is 8.19. The molecule has 92 valence electrons. The maximum atomic E-state index is 11.9. The van der Waals surface area contributed by atoms with Gasteiger partial charge in [0.1, 0.15) is 0 Å². The Morgan fingerprint density at radius 3 is 2.65 bits per heavy atom. The van der Waals surface area contributed by atoms with Gasteiger partial charge in [0, 0.05) is 22.7 Å². The molecule has 2 rings (SSSR count). The summed E-state index contributed by atoms with van der Waals surface area (Å²) in [6.07, 6.45) is 2.18. The number of nitrogens with one attached hydrogen (secondary N) is 1. The monoisotopic (exact) mass is 297 g/mol. The van der Waals surface area contributed by atoms with Gasteiger partial charge in [-0.25, -0.2) is 0 Å². The van der Waals surface area contributed by atoms with E-state index in [1.165, 1.54) is 0 Å². The quantitative estimate of drug-likeness (QED) is 0.928. The first kappa shape index (κ1) is 12.6. The summed E-state index contributed by atoms with van der Waals surface area (Å²) in [5.74, 6) is -0.00236. The van der Waals surface area contributed by atoms with Crippen LogP contribution < -0.4 is 5.32 Å². The molecular weight excluding hydrogens is 282 g/mol. The van der Waals surface area contributed by atoms with Gasteiger partial charge >= 0.3 is 0 Å². The molecule has 0 atom stereocenters. The minimum atomic E-state index is -0.00236. The van der Waals surface area contributed by atoms with E-state index < -0.39 is 0 Å². The van der Waals surface area contributed by atoms with Gasteiger partial charge in [0.25, 0.3) is 5.91 Å².